The number of carbonyl (C=O) groups is 1. The number of nitrogens with two attached hydrogens (primary N) is 1. The van der Waals surface area contributed by atoms with Gasteiger partial charge < -0.3 is 11.1 Å². The van der Waals surface area contributed by atoms with Crippen LogP contribution < -0.4 is 11.1 Å². The highest BCUT2D eigenvalue weighted by Gasteiger charge is 2.32. The van der Waals surface area contributed by atoms with Crippen molar-refractivity contribution in [1.29, 1.82) is 0 Å². The van der Waals surface area contributed by atoms with E-state index < -0.39 is 0 Å². The van der Waals surface area contributed by atoms with Gasteiger partial charge in [-0.2, -0.15) is 0 Å². The summed E-state index contributed by atoms with van der Waals surface area (Å²) in [6.07, 6.45) is 4.77. The van der Waals surface area contributed by atoms with Crippen molar-refractivity contribution in [3.63, 3.8) is 0 Å². The molecule has 1 aliphatic rings. The summed E-state index contributed by atoms with van der Waals surface area (Å²) in [7, 11) is 0. The molecule has 1 amide bonds. The minimum atomic E-state index is -0.0846. The van der Waals surface area contributed by atoms with E-state index in [1.165, 1.54) is 0 Å². The summed E-state index contributed by atoms with van der Waals surface area (Å²) >= 11 is 3.32. The molecule has 0 spiro atoms. The monoisotopic (exact) mass is 311 g/mol. The van der Waals surface area contributed by atoms with Crippen LogP contribution in [0, 0.1) is 5.41 Å². The fourth-order valence-corrected chi connectivity index (χ4v) is 2.85. The van der Waals surface area contributed by atoms with Crippen LogP contribution in [0.15, 0.2) is 16.7 Å². The van der Waals surface area contributed by atoms with E-state index in [0.29, 0.717) is 21.3 Å². The molecule has 1 unspecified atom stereocenters. The van der Waals surface area contributed by atoms with Gasteiger partial charge in [-0.1, -0.05) is 13.8 Å². The lowest BCUT2D eigenvalue weighted by Gasteiger charge is -2.18. The maximum Gasteiger partial charge on any atom is 0.252 e. The average molecular weight is 312 g/mol. The van der Waals surface area contributed by atoms with E-state index in [1.54, 1.807) is 12.3 Å². The van der Waals surface area contributed by atoms with Crippen molar-refractivity contribution < 1.29 is 4.79 Å². The number of pyridine rings is 1. The van der Waals surface area contributed by atoms with E-state index in [0.717, 1.165) is 19.3 Å². The van der Waals surface area contributed by atoms with Crippen LogP contribution in [-0.4, -0.2) is 16.9 Å². The Bertz CT molecular complexity index is 473. The van der Waals surface area contributed by atoms with E-state index in [1.807, 2.05) is 0 Å². The van der Waals surface area contributed by atoms with Crippen LogP contribution in [0.1, 0.15) is 43.5 Å². The van der Waals surface area contributed by atoms with Gasteiger partial charge in [-0.3, -0.25) is 4.79 Å². The number of amides is 1. The van der Waals surface area contributed by atoms with E-state index in [9.17, 15) is 4.79 Å². The van der Waals surface area contributed by atoms with Gasteiger partial charge in [-0.05, 0) is 46.7 Å². The number of hydrogen-bond acceptors (Lipinski definition) is 3. The standard InChI is InChI=1S/C13H18BrN3O/c1-13(2)4-3-8(6-13)17-12(18)9-5-11(15)16-7-10(9)14/h5,7-8H,3-4,6H2,1-2H3,(H2,15,16)(H,17,18). The molecule has 1 fully saturated rings. The van der Waals surface area contributed by atoms with E-state index in [2.05, 4.69) is 40.1 Å². The second-order valence-electron chi connectivity index (χ2n) is 5.67. The number of rotatable bonds is 2. The van der Waals surface area contributed by atoms with Crippen LogP contribution >= 0.6 is 15.9 Å². The molecule has 0 aliphatic heterocycles. The number of carbonyl (C=O) groups excluding carboxylic acids is 1. The largest absolute Gasteiger partial charge is 0.384 e. The Morgan fingerprint density at radius 2 is 2.33 bits per heavy atom. The zero-order valence-corrected chi connectivity index (χ0v) is 12.3. The molecule has 1 aromatic heterocycles. The third-order valence-electron chi connectivity index (χ3n) is 3.42. The molecule has 18 heavy (non-hydrogen) atoms. The molecule has 1 aliphatic carbocycles. The molecule has 0 radical (unpaired) electrons. The molecular formula is C13H18BrN3O. The topological polar surface area (TPSA) is 68.0 Å². The third-order valence-corrected chi connectivity index (χ3v) is 4.06. The van der Waals surface area contributed by atoms with Crippen molar-refractivity contribution >= 4 is 27.7 Å². The molecule has 4 nitrogen and oxygen atoms in total. The zero-order chi connectivity index (χ0) is 13.3. The van der Waals surface area contributed by atoms with Crippen molar-refractivity contribution in [1.82, 2.24) is 10.3 Å². The first-order chi connectivity index (χ1) is 8.37. The first-order valence-corrected chi connectivity index (χ1v) is 6.88. The average Bonchev–Trinajstić information content (AvgIpc) is 2.61. The fraction of sp³-hybridized carbons (Fsp3) is 0.538. The predicted molar refractivity (Wildman–Crippen MR) is 75.2 cm³/mol. The Morgan fingerprint density at radius 1 is 1.61 bits per heavy atom. The summed E-state index contributed by atoms with van der Waals surface area (Å²) in [5, 5.41) is 3.07. The minimum absolute atomic E-state index is 0.0846. The Hall–Kier alpha value is -1.10. The number of aromatic nitrogens is 1. The maximum atomic E-state index is 12.2. The van der Waals surface area contributed by atoms with Crippen molar-refractivity contribution in [2.45, 2.75) is 39.2 Å². The maximum absolute atomic E-state index is 12.2. The SMILES string of the molecule is CC1(C)CCC(NC(=O)c2cc(N)ncc2Br)C1. The number of anilines is 1. The lowest BCUT2D eigenvalue weighted by Crippen LogP contribution is -2.33. The Labute approximate surface area is 115 Å². The molecule has 1 saturated carbocycles. The molecule has 1 atom stereocenters. The third kappa shape index (κ3) is 3.02. The van der Waals surface area contributed by atoms with Crippen LogP contribution in [0.2, 0.25) is 0 Å². The number of hydrogen-bond donors (Lipinski definition) is 2. The van der Waals surface area contributed by atoms with Crippen molar-refractivity contribution in [3.05, 3.63) is 22.3 Å². The summed E-state index contributed by atoms with van der Waals surface area (Å²) in [4.78, 5) is 16.1. The number of halogens is 1. The fourth-order valence-electron chi connectivity index (χ4n) is 2.45. The second-order valence-corrected chi connectivity index (χ2v) is 6.52. The smallest absolute Gasteiger partial charge is 0.252 e. The van der Waals surface area contributed by atoms with Crippen LogP contribution in [0.5, 0.6) is 0 Å². The lowest BCUT2D eigenvalue weighted by atomic mass is 9.92. The first-order valence-electron chi connectivity index (χ1n) is 6.09. The molecule has 2 rings (SSSR count). The zero-order valence-electron chi connectivity index (χ0n) is 10.7. The van der Waals surface area contributed by atoms with Crippen molar-refractivity contribution in [2.75, 3.05) is 5.73 Å². The van der Waals surface area contributed by atoms with Crippen LogP contribution in [0.3, 0.4) is 0 Å². The van der Waals surface area contributed by atoms with Gasteiger partial charge >= 0.3 is 0 Å². The summed E-state index contributed by atoms with van der Waals surface area (Å²) in [5.74, 6) is 0.272. The molecule has 5 heteroatoms. The van der Waals surface area contributed by atoms with Crippen molar-refractivity contribution in [2.24, 2.45) is 5.41 Å². The van der Waals surface area contributed by atoms with Crippen LogP contribution in [-0.2, 0) is 0 Å². The highest BCUT2D eigenvalue weighted by Crippen LogP contribution is 2.37. The normalized spacial score (nSPS) is 21.8. The molecule has 1 aromatic rings. The molecule has 1 heterocycles. The van der Waals surface area contributed by atoms with Gasteiger partial charge in [-0.25, -0.2) is 4.98 Å². The van der Waals surface area contributed by atoms with Gasteiger partial charge in [0.1, 0.15) is 5.82 Å². The quantitative estimate of drug-likeness (QED) is 0.882. The summed E-state index contributed by atoms with van der Waals surface area (Å²) in [6, 6.07) is 1.85. The molecule has 98 valence electrons. The summed E-state index contributed by atoms with van der Waals surface area (Å²) < 4.78 is 0.673. The lowest BCUT2D eigenvalue weighted by molar-refractivity contribution is 0.0935. The minimum Gasteiger partial charge on any atom is -0.384 e. The Morgan fingerprint density at radius 3 is 2.94 bits per heavy atom. The Kier molecular flexibility index (Phi) is 3.61. The molecule has 0 saturated heterocycles. The Balaban J connectivity index is 2.06. The van der Waals surface area contributed by atoms with E-state index >= 15 is 0 Å². The van der Waals surface area contributed by atoms with E-state index in [-0.39, 0.29) is 11.9 Å². The van der Waals surface area contributed by atoms with Crippen molar-refractivity contribution in [3.8, 4) is 0 Å². The molecule has 0 bridgehead atoms. The number of nitrogen functional groups attached to an aromatic ring is 1. The summed E-state index contributed by atoms with van der Waals surface area (Å²) in [6.45, 7) is 4.47. The van der Waals surface area contributed by atoms with Gasteiger partial charge in [0.2, 0.25) is 0 Å². The predicted octanol–water partition coefficient (Wildman–Crippen LogP) is 2.73. The van der Waals surface area contributed by atoms with Gasteiger partial charge in [0, 0.05) is 16.7 Å². The number of nitrogens with zero attached hydrogens (tertiary/aromatic N) is 1. The van der Waals surface area contributed by atoms with E-state index in [4.69, 9.17) is 5.73 Å². The molecule has 3 N–H and O–H groups in total. The first kappa shape index (κ1) is 13.3. The molecular weight excluding hydrogens is 294 g/mol. The second kappa shape index (κ2) is 4.88. The van der Waals surface area contributed by atoms with Gasteiger partial charge in [0.25, 0.3) is 5.91 Å². The highest BCUT2D eigenvalue weighted by atomic mass is 79.9. The van der Waals surface area contributed by atoms with Gasteiger partial charge in [0.15, 0.2) is 0 Å². The van der Waals surface area contributed by atoms with Gasteiger partial charge in [0.05, 0.1) is 5.56 Å². The van der Waals surface area contributed by atoms with Gasteiger partial charge in [-0.15, -0.1) is 0 Å². The number of nitrogens with one attached hydrogen (secondary N) is 1. The van der Waals surface area contributed by atoms with Crippen LogP contribution in [0.25, 0.3) is 0 Å². The summed E-state index contributed by atoms with van der Waals surface area (Å²) in [5.41, 5.74) is 6.48. The molecule has 0 aromatic carbocycles. The highest BCUT2D eigenvalue weighted by molar-refractivity contribution is 9.10. The van der Waals surface area contributed by atoms with Crippen LogP contribution in [0.4, 0.5) is 5.82 Å².